The first-order chi connectivity index (χ1) is 19.7. The van der Waals surface area contributed by atoms with Gasteiger partial charge in [0.15, 0.2) is 0 Å². The van der Waals surface area contributed by atoms with Crippen molar-refractivity contribution in [3.63, 3.8) is 0 Å². The number of aryl methyl sites for hydroxylation is 2. The molecule has 2 aliphatic carbocycles. The van der Waals surface area contributed by atoms with Crippen molar-refractivity contribution in [3.8, 4) is 0 Å². The van der Waals surface area contributed by atoms with Crippen molar-refractivity contribution in [1.29, 1.82) is 0 Å². The molecule has 7 heteroatoms. The van der Waals surface area contributed by atoms with Gasteiger partial charge in [0.2, 0.25) is 17.7 Å². The summed E-state index contributed by atoms with van der Waals surface area (Å²) in [5, 5.41) is 6.49. The number of hydrogen-bond donors (Lipinski definition) is 2. The third kappa shape index (κ3) is 5.02. The molecule has 0 unspecified atom stereocenters. The number of carbonyl (C=O) groups is 3. The molecule has 2 N–H and O–H groups in total. The number of ether oxygens (including phenoxy) is 1. The Morgan fingerprint density at radius 3 is 2.29 bits per heavy atom. The lowest BCUT2D eigenvalue weighted by Crippen LogP contribution is -2.59. The molecular formula is C34H47N3O4. The van der Waals surface area contributed by atoms with E-state index < -0.39 is 29.6 Å². The molecule has 0 radical (unpaired) electrons. The second-order valence-electron chi connectivity index (χ2n) is 13.7. The van der Waals surface area contributed by atoms with E-state index in [1.54, 1.807) is 0 Å². The minimum Gasteiger partial charge on any atom is -0.359 e. The standard InChI is InChI=1S/C34H47N3O4/c1-20-17-21(2)19-24(18-20)35-31(38)28-27-15-16-34(41-27)29(28)33(40)37(25-12-8-6-5-7-9-13-25)30(34)32(39)36-26-14-10-11-22(3)23(26)4/h15-19,22-23,25-30H,5-14H2,1-4H3,(H,35,38)(H,36,39)/t22-,23+,26+,27-,28+,29-,30-,34-/m0/s1. The van der Waals surface area contributed by atoms with Gasteiger partial charge in [0.05, 0.1) is 17.9 Å². The van der Waals surface area contributed by atoms with Gasteiger partial charge in [-0.05, 0) is 68.2 Å². The van der Waals surface area contributed by atoms with Crippen LogP contribution in [0.2, 0.25) is 0 Å². The molecule has 3 heterocycles. The zero-order chi connectivity index (χ0) is 28.9. The van der Waals surface area contributed by atoms with E-state index in [1.165, 1.54) is 12.8 Å². The summed E-state index contributed by atoms with van der Waals surface area (Å²) in [6.45, 7) is 8.51. The lowest BCUT2D eigenvalue weighted by atomic mass is 9.73. The summed E-state index contributed by atoms with van der Waals surface area (Å²) in [5.41, 5.74) is 1.75. The number of carbonyl (C=O) groups excluding carboxylic acids is 3. The van der Waals surface area contributed by atoms with Gasteiger partial charge in [0, 0.05) is 17.8 Å². The first-order valence-corrected chi connectivity index (χ1v) is 16.1. The normalized spacial score (nSPS) is 37.0. The van der Waals surface area contributed by atoms with Crippen LogP contribution in [0.1, 0.15) is 89.2 Å². The van der Waals surface area contributed by atoms with Gasteiger partial charge in [-0.3, -0.25) is 14.4 Å². The maximum absolute atomic E-state index is 14.5. The molecule has 2 saturated heterocycles. The highest BCUT2D eigenvalue weighted by Crippen LogP contribution is 2.56. The summed E-state index contributed by atoms with van der Waals surface area (Å²) in [5.74, 6) is -0.867. The van der Waals surface area contributed by atoms with Crippen molar-refractivity contribution in [2.75, 3.05) is 5.32 Å². The van der Waals surface area contributed by atoms with Crippen molar-refractivity contribution in [2.24, 2.45) is 23.7 Å². The molecule has 3 amide bonds. The summed E-state index contributed by atoms with van der Waals surface area (Å²) >= 11 is 0. The topological polar surface area (TPSA) is 87.7 Å². The lowest BCUT2D eigenvalue weighted by Gasteiger charge is -2.40. The van der Waals surface area contributed by atoms with Gasteiger partial charge < -0.3 is 20.3 Å². The van der Waals surface area contributed by atoms with Crippen LogP contribution in [-0.4, -0.2) is 52.5 Å². The summed E-state index contributed by atoms with van der Waals surface area (Å²) < 4.78 is 6.63. The van der Waals surface area contributed by atoms with E-state index in [0.717, 1.165) is 68.2 Å². The summed E-state index contributed by atoms with van der Waals surface area (Å²) in [4.78, 5) is 44.6. The summed E-state index contributed by atoms with van der Waals surface area (Å²) in [6.07, 6.45) is 14.0. The van der Waals surface area contributed by atoms with Crippen molar-refractivity contribution in [1.82, 2.24) is 10.2 Å². The Balaban J connectivity index is 1.33. The number of rotatable bonds is 5. The monoisotopic (exact) mass is 561 g/mol. The van der Waals surface area contributed by atoms with Crippen LogP contribution in [0.5, 0.6) is 0 Å². The Hall–Kier alpha value is -2.67. The molecule has 1 aromatic carbocycles. The number of nitrogens with one attached hydrogen (secondary N) is 2. The highest BCUT2D eigenvalue weighted by atomic mass is 16.5. The summed E-state index contributed by atoms with van der Waals surface area (Å²) in [7, 11) is 0. The second-order valence-corrected chi connectivity index (χ2v) is 13.7. The number of benzene rings is 1. The predicted molar refractivity (Wildman–Crippen MR) is 159 cm³/mol. The number of amides is 3. The fourth-order valence-corrected chi connectivity index (χ4v) is 8.63. The molecule has 8 atom stereocenters. The van der Waals surface area contributed by atoms with Gasteiger partial charge in [-0.2, -0.15) is 0 Å². The Bertz CT molecular complexity index is 1200. The Kier molecular flexibility index (Phi) is 7.77. The van der Waals surface area contributed by atoms with Gasteiger partial charge in [-0.15, -0.1) is 0 Å². The van der Waals surface area contributed by atoms with Gasteiger partial charge in [-0.1, -0.05) is 77.0 Å². The van der Waals surface area contributed by atoms with Crippen LogP contribution in [0.4, 0.5) is 5.69 Å². The molecule has 41 heavy (non-hydrogen) atoms. The molecule has 1 spiro atoms. The third-order valence-electron chi connectivity index (χ3n) is 10.9. The second kappa shape index (κ2) is 11.2. The Morgan fingerprint density at radius 1 is 0.902 bits per heavy atom. The SMILES string of the molecule is Cc1cc(C)cc(NC(=O)[C@@H]2[C@@H]3C=C[C@]4(O3)[C@@H]2C(=O)N(C2CCCCCCC2)[C@H]4C(=O)N[C@@H]2CCC[C@H](C)[C@H]2C)c1. The number of nitrogens with zero attached hydrogens (tertiary/aromatic N) is 1. The molecule has 6 rings (SSSR count). The lowest BCUT2D eigenvalue weighted by molar-refractivity contribution is -0.144. The van der Waals surface area contributed by atoms with E-state index in [4.69, 9.17) is 4.74 Å². The number of hydrogen-bond acceptors (Lipinski definition) is 4. The fourth-order valence-electron chi connectivity index (χ4n) is 8.63. The van der Waals surface area contributed by atoms with Crippen LogP contribution in [0, 0.1) is 37.5 Å². The van der Waals surface area contributed by atoms with Crippen molar-refractivity contribution in [2.45, 2.75) is 122 Å². The zero-order valence-corrected chi connectivity index (χ0v) is 25.2. The molecule has 222 valence electrons. The third-order valence-corrected chi connectivity index (χ3v) is 10.9. The highest BCUT2D eigenvalue weighted by molar-refractivity contribution is 6.03. The van der Waals surface area contributed by atoms with Gasteiger partial charge in [0.25, 0.3) is 0 Å². The van der Waals surface area contributed by atoms with Gasteiger partial charge >= 0.3 is 0 Å². The number of fused-ring (bicyclic) bond motifs is 1. The fraction of sp³-hybridized carbons (Fsp3) is 0.676. The molecule has 2 saturated carbocycles. The van der Waals surface area contributed by atoms with Gasteiger partial charge in [-0.25, -0.2) is 0 Å². The van der Waals surface area contributed by atoms with Gasteiger partial charge in [0.1, 0.15) is 11.6 Å². The zero-order valence-electron chi connectivity index (χ0n) is 25.2. The molecule has 3 aliphatic heterocycles. The van der Waals surface area contributed by atoms with Crippen molar-refractivity contribution >= 4 is 23.4 Å². The molecule has 4 fully saturated rings. The molecule has 0 aromatic heterocycles. The van der Waals surface area contributed by atoms with E-state index in [1.807, 2.05) is 43.0 Å². The van der Waals surface area contributed by atoms with E-state index in [2.05, 4.69) is 30.5 Å². The maximum Gasteiger partial charge on any atom is 0.246 e. The van der Waals surface area contributed by atoms with Crippen LogP contribution < -0.4 is 10.6 Å². The molecule has 2 bridgehead atoms. The summed E-state index contributed by atoms with van der Waals surface area (Å²) in [6, 6.07) is 5.28. The largest absolute Gasteiger partial charge is 0.359 e. The Labute approximate surface area is 244 Å². The first kappa shape index (κ1) is 28.4. The minimum atomic E-state index is -1.11. The molecular weight excluding hydrogens is 514 g/mol. The van der Waals surface area contributed by atoms with Crippen LogP contribution in [-0.2, 0) is 19.1 Å². The number of anilines is 1. The van der Waals surface area contributed by atoms with E-state index in [9.17, 15) is 14.4 Å². The van der Waals surface area contributed by atoms with Crippen LogP contribution in [0.15, 0.2) is 30.4 Å². The van der Waals surface area contributed by atoms with Crippen LogP contribution >= 0.6 is 0 Å². The van der Waals surface area contributed by atoms with Crippen molar-refractivity contribution in [3.05, 3.63) is 41.5 Å². The average molecular weight is 562 g/mol. The van der Waals surface area contributed by atoms with E-state index in [0.29, 0.717) is 11.8 Å². The van der Waals surface area contributed by atoms with Crippen LogP contribution in [0.25, 0.3) is 0 Å². The van der Waals surface area contributed by atoms with E-state index in [-0.39, 0.29) is 29.8 Å². The van der Waals surface area contributed by atoms with Crippen molar-refractivity contribution < 1.29 is 19.1 Å². The quantitative estimate of drug-likeness (QED) is 0.468. The molecule has 5 aliphatic rings. The molecule has 7 nitrogen and oxygen atoms in total. The minimum absolute atomic E-state index is 0.0135. The smallest absolute Gasteiger partial charge is 0.246 e. The molecule has 1 aromatic rings. The van der Waals surface area contributed by atoms with E-state index >= 15 is 0 Å². The highest BCUT2D eigenvalue weighted by Gasteiger charge is 2.73. The van der Waals surface area contributed by atoms with Crippen LogP contribution in [0.3, 0.4) is 0 Å². The average Bonchev–Trinajstić information content (AvgIpc) is 3.53. The predicted octanol–water partition coefficient (Wildman–Crippen LogP) is 5.45. The maximum atomic E-state index is 14.5. The number of likely N-dealkylation sites (tertiary alicyclic amines) is 1. The first-order valence-electron chi connectivity index (χ1n) is 16.1. The Morgan fingerprint density at radius 2 is 1.59 bits per heavy atom.